The number of nitrogens with zero attached hydrogens (tertiary/aromatic N) is 2. The molecule has 3 rings (SSSR count). The quantitative estimate of drug-likeness (QED) is 0.610. The van der Waals surface area contributed by atoms with Crippen molar-refractivity contribution in [3.63, 3.8) is 0 Å². The lowest BCUT2D eigenvalue weighted by Gasteiger charge is -2.18. The number of amides is 1. The molecule has 0 spiro atoms. The highest BCUT2D eigenvalue weighted by atomic mass is 32.2. The van der Waals surface area contributed by atoms with E-state index in [4.69, 9.17) is 0 Å². The molecule has 0 fully saturated rings. The van der Waals surface area contributed by atoms with Crippen molar-refractivity contribution in [2.75, 3.05) is 25.4 Å². The highest BCUT2D eigenvalue weighted by molar-refractivity contribution is 7.90. The number of hydrogen-bond donors (Lipinski definition) is 1. The van der Waals surface area contributed by atoms with E-state index in [1.54, 1.807) is 6.20 Å². The van der Waals surface area contributed by atoms with Crippen LogP contribution in [0, 0.1) is 6.92 Å². The summed E-state index contributed by atoms with van der Waals surface area (Å²) in [7, 11) is -3.65. The second-order valence-corrected chi connectivity index (χ2v) is 10.0. The summed E-state index contributed by atoms with van der Waals surface area (Å²) in [4.78, 5) is 19.2. The third-order valence-corrected chi connectivity index (χ3v) is 7.36. The van der Waals surface area contributed by atoms with Gasteiger partial charge in [0.1, 0.15) is 0 Å². The zero-order chi connectivity index (χ0) is 22.4. The summed E-state index contributed by atoms with van der Waals surface area (Å²) < 4.78 is 27.2. The first-order valence-corrected chi connectivity index (χ1v) is 12.8. The van der Waals surface area contributed by atoms with Crippen LogP contribution in [0.5, 0.6) is 0 Å². The Kier molecular flexibility index (Phi) is 7.84. The highest BCUT2D eigenvalue weighted by Gasteiger charge is 2.22. The summed E-state index contributed by atoms with van der Waals surface area (Å²) in [5, 5.41) is 0. The second-order valence-electron chi connectivity index (χ2n) is 8.17. The normalized spacial score (nSPS) is 13.4. The third kappa shape index (κ3) is 6.14. The summed E-state index contributed by atoms with van der Waals surface area (Å²) >= 11 is 0. The lowest BCUT2D eigenvalue weighted by Crippen LogP contribution is -2.35. The summed E-state index contributed by atoms with van der Waals surface area (Å²) in [6.45, 7) is 8.53. The molecule has 7 heteroatoms. The van der Waals surface area contributed by atoms with E-state index in [0.29, 0.717) is 13.0 Å². The molecule has 1 aliphatic carbocycles. The van der Waals surface area contributed by atoms with Crippen LogP contribution < -0.4 is 4.72 Å². The largest absolute Gasteiger partial charge is 0.304 e. The molecule has 0 atom stereocenters. The summed E-state index contributed by atoms with van der Waals surface area (Å²) in [6.07, 6.45) is 5.33. The first-order chi connectivity index (χ1) is 14.8. The topological polar surface area (TPSA) is 79.4 Å². The fraction of sp³-hybridized carbons (Fsp3) is 0.500. The van der Waals surface area contributed by atoms with Gasteiger partial charge in [0.25, 0.3) is 0 Å². The number of nitrogens with one attached hydrogen (secondary N) is 1. The Bertz CT molecular complexity index is 1030. The monoisotopic (exact) mass is 443 g/mol. The molecule has 1 aromatic heterocycles. The Morgan fingerprint density at radius 3 is 2.65 bits per heavy atom. The lowest BCUT2D eigenvalue weighted by atomic mass is 9.91. The van der Waals surface area contributed by atoms with Crippen LogP contribution in [0.25, 0.3) is 11.1 Å². The zero-order valence-electron chi connectivity index (χ0n) is 18.8. The van der Waals surface area contributed by atoms with Crippen LogP contribution in [-0.4, -0.2) is 49.6 Å². The molecule has 0 saturated carbocycles. The number of sulfonamides is 1. The van der Waals surface area contributed by atoms with Gasteiger partial charge in [-0.25, -0.2) is 8.42 Å². The Morgan fingerprint density at radius 2 is 1.94 bits per heavy atom. The average molecular weight is 444 g/mol. The van der Waals surface area contributed by atoms with Crippen molar-refractivity contribution in [2.24, 2.45) is 0 Å². The van der Waals surface area contributed by atoms with Crippen molar-refractivity contribution < 1.29 is 13.2 Å². The molecule has 6 nitrogen and oxygen atoms in total. The predicted molar refractivity (Wildman–Crippen MR) is 124 cm³/mol. The maximum Gasteiger partial charge on any atom is 0.237 e. The minimum atomic E-state index is -3.65. The molecule has 168 valence electrons. The van der Waals surface area contributed by atoms with E-state index in [0.717, 1.165) is 54.7 Å². The lowest BCUT2D eigenvalue weighted by molar-refractivity contribution is -0.118. The fourth-order valence-corrected chi connectivity index (χ4v) is 5.40. The zero-order valence-corrected chi connectivity index (χ0v) is 19.6. The number of rotatable bonds is 10. The van der Waals surface area contributed by atoms with Gasteiger partial charge in [-0.3, -0.25) is 14.5 Å². The Morgan fingerprint density at radius 1 is 1.16 bits per heavy atom. The summed E-state index contributed by atoms with van der Waals surface area (Å²) in [6, 6.07) is 8.13. The van der Waals surface area contributed by atoms with E-state index in [1.807, 2.05) is 19.1 Å². The van der Waals surface area contributed by atoms with Gasteiger partial charge < -0.3 is 4.90 Å². The van der Waals surface area contributed by atoms with Crippen LogP contribution in [0.2, 0.25) is 0 Å². The molecule has 1 aliphatic rings. The van der Waals surface area contributed by atoms with Gasteiger partial charge in [-0.15, -0.1) is 0 Å². The van der Waals surface area contributed by atoms with Gasteiger partial charge in [-0.1, -0.05) is 26.0 Å². The molecule has 0 unspecified atom stereocenters. The molecular weight excluding hydrogens is 410 g/mol. The van der Waals surface area contributed by atoms with Gasteiger partial charge in [0, 0.05) is 11.9 Å². The molecule has 0 radical (unpaired) electrons. The van der Waals surface area contributed by atoms with Crippen molar-refractivity contribution >= 4 is 15.9 Å². The molecule has 2 aromatic rings. The Labute approximate surface area is 186 Å². The van der Waals surface area contributed by atoms with Crippen molar-refractivity contribution in [2.45, 2.75) is 52.9 Å². The van der Waals surface area contributed by atoms with Crippen LogP contribution in [0.1, 0.15) is 49.1 Å². The molecule has 1 heterocycles. The molecule has 31 heavy (non-hydrogen) atoms. The maximum absolute atomic E-state index is 12.8. The van der Waals surface area contributed by atoms with Crippen LogP contribution in [0.15, 0.2) is 30.5 Å². The number of hydrogen-bond acceptors (Lipinski definition) is 5. The van der Waals surface area contributed by atoms with Crippen LogP contribution in [-0.2, 0) is 34.1 Å². The smallest absolute Gasteiger partial charge is 0.237 e. The van der Waals surface area contributed by atoms with E-state index in [1.165, 1.54) is 11.1 Å². The highest BCUT2D eigenvalue weighted by Crippen LogP contribution is 2.34. The molecule has 0 bridgehead atoms. The first kappa shape index (κ1) is 23.4. The van der Waals surface area contributed by atoms with Crippen molar-refractivity contribution in [3.05, 3.63) is 52.8 Å². The van der Waals surface area contributed by atoms with Gasteiger partial charge in [-0.2, -0.15) is 0 Å². The van der Waals surface area contributed by atoms with Gasteiger partial charge >= 0.3 is 0 Å². The van der Waals surface area contributed by atoms with E-state index in [9.17, 15) is 13.2 Å². The van der Waals surface area contributed by atoms with E-state index < -0.39 is 15.9 Å². The number of carbonyl (C=O) groups excluding carboxylic acids is 1. The number of aryl methyl sites for hydroxylation is 2. The van der Waals surface area contributed by atoms with Gasteiger partial charge in [0.15, 0.2) is 0 Å². The van der Waals surface area contributed by atoms with Crippen LogP contribution >= 0.6 is 0 Å². The van der Waals surface area contributed by atoms with Gasteiger partial charge in [-0.05, 0) is 92.2 Å². The van der Waals surface area contributed by atoms with E-state index in [2.05, 4.69) is 40.6 Å². The van der Waals surface area contributed by atoms with Crippen LogP contribution in [0.3, 0.4) is 0 Å². The molecule has 0 aliphatic heterocycles. The number of carbonyl (C=O) groups is 1. The minimum Gasteiger partial charge on any atom is -0.304 e. The maximum atomic E-state index is 12.8. The van der Waals surface area contributed by atoms with Crippen molar-refractivity contribution in [3.8, 4) is 11.1 Å². The number of fused-ring (bicyclic) bond motifs is 1. The number of benzene rings is 1. The molecule has 1 amide bonds. The molecule has 1 aromatic carbocycles. The average Bonchev–Trinajstić information content (AvgIpc) is 3.20. The molecular formula is C24H33N3O3S. The van der Waals surface area contributed by atoms with Gasteiger partial charge in [0.05, 0.1) is 12.2 Å². The summed E-state index contributed by atoms with van der Waals surface area (Å²) in [5.41, 5.74) is 6.30. The number of pyridine rings is 1. The third-order valence-electron chi connectivity index (χ3n) is 6.00. The Balaban J connectivity index is 1.76. The number of aromatic nitrogens is 1. The minimum absolute atomic E-state index is 0.0431. The SMILES string of the molecule is CCN(CC)CCCS(=O)(=O)NC(=O)Cc1c(-c2ccnc(C)c2)ccc2c1CCC2. The summed E-state index contributed by atoms with van der Waals surface area (Å²) in [5.74, 6) is -0.506. The van der Waals surface area contributed by atoms with E-state index >= 15 is 0 Å². The predicted octanol–water partition coefficient (Wildman–Crippen LogP) is 3.27. The molecule has 0 saturated heterocycles. The Hall–Kier alpha value is -2.25. The van der Waals surface area contributed by atoms with Gasteiger partial charge in [0.2, 0.25) is 15.9 Å². The second kappa shape index (κ2) is 10.4. The van der Waals surface area contributed by atoms with E-state index in [-0.39, 0.29) is 12.2 Å². The van der Waals surface area contributed by atoms with Crippen molar-refractivity contribution in [1.29, 1.82) is 0 Å². The fourth-order valence-electron chi connectivity index (χ4n) is 4.37. The molecule has 1 N–H and O–H groups in total. The first-order valence-electron chi connectivity index (χ1n) is 11.1. The van der Waals surface area contributed by atoms with Crippen LogP contribution in [0.4, 0.5) is 0 Å². The standard InChI is InChI=1S/C24H33N3O3S/c1-4-27(5-2)14-7-15-31(29,30)26-24(28)17-23-21-9-6-8-19(21)10-11-22(23)20-12-13-25-18(3)16-20/h10-13,16H,4-9,14-15,17H2,1-3H3,(H,26,28). The van der Waals surface area contributed by atoms with Crippen molar-refractivity contribution in [1.82, 2.24) is 14.6 Å².